The van der Waals surface area contributed by atoms with Gasteiger partial charge in [-0.25, -0.2) is 0 Å². The number of benzene rings is 3. The minimum Gasteiger partial charge on any atom is -0.481 e. The number of para-hydroxylation sites is 1. The summed E-state index contributed by atoms with van der Waals surface area (Å²) in [4.78, 5) is 25.6. The van der Waals surface area contributed by atoms with E-state index in [-0.39, 0.29) is 17.9 Å². The Hall–Kier alpha value is -3.60. The summed E-state index contributed by atoms with van der Waals surface area (Å²) in [5, 5.41) is 5.82. The molecule has 2 N–H and O–H groups in total. The van der Waals surface area contributed by atoms with E-state index in [1.165, 1.54) is 0 Å². The van der Waals surface area contributed by atoms with E-state index in [4.69, 9.17) is 4.74 Å². The van der Waals surface area contributed by atoms with Gasteiger partial charge in [0.25, 0.3) is 11.8 Å². The Morgan fingerprint density at radius 3 is 2.13 bits per heavy atom. The lowest BCUT2D eigenvalue weighted by molar-refractivity contribution is -0.122. The van der Waals surface area contributed by atoms with Gasteiger partial charge in [0.05, 0.1) is 17.3 Å². The molecule has 0 saturated carbocycles. The summed E-state index contributed by atoms with van der Waals surface area (Å²) >= 11 is 0. The van der Waals surface area contributed by atoms with E-state index >= 15 is 0 Å². The van der Waals surface area contributed by atoms with E-state index in [9.17, 15) is 9.59 Å². The molecule has 0 aliphatic heterocycles. The Morgan fingerprint density at radius 1 is 0.839 bits per heavy atom. The molecule has 0 radical (unpaired) electrons. The number of hydrogen-bond acceptors (Lipinski definition) is 3. The second-order valence-corrected chi connectivity index (χ2v) is 7.72. The van der Waals surface area contributed by atoms with Crippen molar-refractivity contribution < 1.29 is 14.3 Å². The van der Waals surface area contributed by atoms with Gasteiger partial charge in [0.2, 0.25) is 0 Å². The van der Waals surface area contributed by atoms with Crippen LogP contribution in [0.15, 0.2) is 72.8 Å². The predicted molar refractivity (Wildman–Crippen MR) is 123 cm³/mol. The summed E-state index contributed by atoms with van der Waals surface area (Å²) in [6.45, 7) is 7.58. The van der Waals surface area contributed by atoms with E-state index in [1.54, 1.807) is 31.2 Å². The van der Waals surface area contributed by atoms with Crippen molar-refractivity contribution in [2.24, 2.45) is 0 Å². The number of rotatable bonds is 7. The average Bonchev–Trinajstić information content (AvgIpc) is 2.73. The topological polar surface area (TPSA) is 67.4 Å². The van der Waals surface area contributed by atoms with Gasteiger partial charge in [-0.1, -0.05) is 48.5 Å². The molecule has 0 aromatic heterocycles. The van der Waals surface area contributed by atoms with Crippen LogP contribution in [-0.2, 0) is 4.79 Å². The van der Waals surface area contributed by atoms with Crippen molar-refractivity contribution in [3.8, 4) is 5.75 Å². The second kappa shape index (κ2) is 9.94. The minimum absolute atomic E-state index is 0.163. The van der Waals surface area contributed by atoms with Gasteiger partial charge in [-0.3, -0.25) is 9.59 Å². The highest BCUT2D eigenvalue weighted by atomic mass is 16.5. The van der Waals surface area contributed by atoms with Gasteiger partial charge in [-0.2, -0.15) is 0 Å². The molecule has 5 nitrogen and oxygen atoms in total. The molecule has 3 rings (SSSR count). The number of aryl methyl sites for hydroxylation is 2. The third-order valence-electron chi connectivity index (χ3n) is 4.95. The molecule has 3 aromatic rings. The van der Waals surface area contributed by atoms with Crippen LogP contribution >= 0.6 is 0 Å². The molecule has 0 spiro atoms. The molecule has 0 heterocycles. The Morgan fingerprint density at radius 2 is 1.45 bits per heavy atom. The molecule has 2 atom stereocenters. The number of anilines is 1. The fraction of sp³-hybridized carbons (Fsp3) is 0.231. The van der Waals surface area contributed by atoms with Crippen LogP contribution < -0.4 is 15.4 Å². The van der Waals surface area contributed by atoms with Crippen molar-refractivity contribution in [3.05, 3.63) is 95.1 Å². The highest BCUT2D eigenvalue weighted by Crippen LogP contribution is 2.20. The highest BCUT2D eigenvalue weighted by Gasteiger charge is 2.19. The van der Waals surface area contributed by atoms with E-state index < -0.39 is 6.10 Å². The van der Waals surface area contributed by atoms with Crippen LogP contribution in [0.4, 0.5) is 5.69 Å². The van der Waals surface area contributed by atoms with Gasteiger partial charge < -0.3 is 15.4 Å². The summed E-state index contributed by atoms with van der Waals surface area (Å²) < 4.78 is 5.82. The molecule has 0 aliphatic carbocycles. The Balaban J connectivity index is 1.69. The normalized spacial score (nSPS) is 12.5. The first-order valence-electron chi connectivity index (χ1n) is 10.3. The SMILES string of the molecule is Cc1cc(C)cc(O[C@@H](C)C(=O)Nc2ccccc2C(=O)N[C@H](C)c2ccccc2)c1. The second-order valence-electron chi connectivity index (χ2n) is 7.72. The van der Waals surface area contributed by atoms with Crippen molar-refractivity contribution in [3.63, 3.8) is 0 Å². The van der Waals surface area contributed by atoms with Crippen LogP contribution in [-0.4, -0.2) is 17.9 Å². The number of carbonyl (C=O) groups excluding carboxylic acids is 2. The standard InChI is InChI=1S/C26H28N2O3/c1-17-14-18(2)16-22(15-17)31-20(4)25(29)28-24-13-9-8-12-23(24)26(30)27-19(3)21-10-6-5-7-11-21/h5-16,19-20H,1-4H3,(H,27,30)(H,28,29)/t19-,20+/m1/s1. The van der Waals surface area contributed by atoms with Crippen molar-refractivity contribution in [2.75, 3.05) is 5.32 Å². The number of amides is 2. The lowest BCUT2D eigenvalue weighted by atomic mass is 10.1. The largest absolute Gasteiger partial charge is 0.481 e. The number of hydrogen-bond donors (Lipinski definition) is 2. The molecular weight excluding hydrogens is 388 g/mol. The Kier molecular flexibility index (Phi) is 7.08. The summed E-state index contributed by atoms with van der Waals surface area (Å²) in [6.07, 6.45) is -0.722. The summed E-state index contributed by atoms with van der Waals surface area (Å²) in [7, 11) is 0. The zero-order chi connectivity index (χ0) is 22.4. The zero-order valence-corrected chi connectivity index (χ0v) is 18.3. The van der Waals surface area contributed by atoms with Gasteiger partial charge in [-0.15, -0.1) is 0 Å². The van der Waals surface area contributed by atoms with Crippen LogP contribution in [0, 0.1) is 13.8 Å². The molecule has 31 heavy (non-hydrogen) atoms. The summed E-state index contributed by atoms with van der Waals surface area (Å²) in [5.74, 6) is 0.0634. The molecule has 0 bridgehead atoms. The maximum absolute atomic E-state index is 12.9. The number of ether oxygens (including phenoxy) is 1. The van der Waals surface area contributed by atoms with Crippen LogP contribution in [0.1, 0.15) is 46.9 Å². The van der Waals surface area contributed by atoms with Gasteiger partial charge in [0, 0.05) is 0 Å². The van der Waals surface area contributed by atoms with Crippen LogP contribution in [0.3, 0.4) is 0 Å². The average molecular weight is 417 g/mol. The zero-order valence-electron chi connectivity index (χ0n) is 18.3. The lowest BCUT2D eigenvalue weighted by Gasteiger charge is -2.18. The van der Waals surface area contributed by atoms with Gasteiger partial charge in [0.15, 0.2) is 6.10 Å². The van der Waals surface area contributed by atoms with E-state index in [0.717, 1.165) is 16.7 Å². The van der Waals surface area contributed by atoms with Crippen LogP contribution in [0.25, 0.3) is 0 Å². The van der Waals surface area contributed by atoms with Gasteiger partial charge >= 0.3 is 0 Å². The quantitative estimate of drug-likeness (QED) is 0.556. The maximum Gasteiger partial charge on any atom is 0.265 e. The van der Waals surface area contributed by atoms with Crippen LogP contribution in [0.2, 0.25) is 0 Å². The molecule has 0 unspecified atom stereocenters. The molecule has 2 amide bonds. The van der Waals surface area contributed by atoms with E-state index in [1.807, 2.05) is 69.3 Å². The fourth-order valence-electron chi connectivity index (χ4n) is 3.38. The predicted octanol–water partition coefficient (Wildman–Crippen LogP) is 5.20. The van der Waals surface area contributed by atoms with Crippen molar-refractivity contribution in [1.82, 2.24) is 5.32 Å². The molecular formula is C26H28N2O3. The first kappa shape index (κ1) is 22.1. The smallest absolute Gasteiger partial charge is 0.265 e. The lowest BCUT2D eigenvalue weighted by Crippen LogP contribution is -2.32. The number of nitrogens with one attached hydrogen (secondary N) is 2. The monoisotopic (exact) mass is 416 g/mol. The third-order valence-corrected chi connectivity index (χ3v) is 4.95. The van der Waals surface area contributed by atoms with Gasteiger partial charge in [0.1, 0.15) is 5.75 Å². The van der Waals surface area contributed by atoms with E-state index in [2.05, 4.69) is 10.6 Å². The Labute approximate surface area is 183 Å². The minimum atomic E-state index is -0.722. The highest BCUT2D eigenvalue weighted by molar-refractivity contribution is 6.04. The van der Waals surface area contributed by atoms with Crippen molar-refractivity contribution in [1.29, 1.82) is 0 Å². The Bertz CT molecular complexity index is 1040. The molecule has 160 valence electrons. The molecule has 3 aromatic carbocycles. The fourth-order valence-corrected chi connectivity index (χ4v) is 3.38. The van der Waals surface area contributed by atoms with Crippen molar-refractivity contribution >= 4 is 17.5 Å². The molecule has 0 aliphatic rings. The van der Waals surface area contributed by atoms with Crippen molar-refractivity contribution in [2.45, 2.75) is 39.8 Å². The maximum atomic E-state index is 12.9. The summed E-state index contributed by atoms with van der Waals surface area (Å²) in [5.41, 5.74) is 3.99. The molecule has 0 saturated heterocycles. The van der Waals surface area contributed by atoms with Crippen LogP contribution in [0.5, 0.6) is 5.75 Å². The molecule has 0 fully saturated rings. The number of carbonyl (C=O) groups is 2. The first-order chi connectivity index (χ1) is 14.8. The third kappa shape index (κ3) is 5.95. The molecule has 5 heteroatoms. The first-order valence-corrected chi connectivity index (χ1v) is 10.3. The van der Waals surface area contributed by atoms with E-state index in [0.29, 0.717) is 17.0 Å². The summed E-state index contributed by atoms with van der Waals surface area (Å²) in [6, 6.07) is 22.3. The van der Waals surface area contributed by atoms with Gasteiger partial charge in [-0.05, 0) is 68.7 Å².